The van der Waals surface area contributed by atoms with Crippen LogP contribution in [-0.4, -0.2) is 36.1 Å². The van der Waals surface area contributed by atoms with Gasteiger partial charge in [-0.1, -0.05) is 48.2 Å². The number of hydrogen-bond acceptors (Lipinski definition) is 8. The number of anilines is 1. The summed E-state index contributed by atoms with van der Waals surface area (Å²) in [6, 6.07) is 11.6. The molecule has 0 fully saturated rings. The minimum Gasteiger partial charge on any atom is -0.496 e. The highest BCUT2D eigenvalue weighted by Gasteiger charge is 2.17. The maximum Gasteiger partial charge on any atom is 0.250 e. The maximum atomic E-state index is 12.6. The molecule has 1 N–H and O–H groups in total. The van der Waals surface area contributed by atoms with Crippen LogP contribution in [0.25, 0.3) is 27.7 Å². The van der Waals surface area contributed by atoms with Gasteiger partial charge in [-0.25, -0.2) is 0 Å². The second-order valence-electron chi connectivity index (χ2n) is 7.02. The summed E-state index contributed by atoms with van der Waals surface area (Å²) in [6.07, 6.45) is 3.24. The SMILES string of the molecule is CCSc1nnc(NC(=O)/C=C(\C)c2cc3c(-c4ccccc4OC)coc3cc2OC)s1. The number of aromatic nitrogens is 2. The Morgan fingerprint density at radius 3 is 2.70 bits per heavy atom. The Morgan fingerprint density at radius 1 is 1.15 bits per heavy atom. The number of amides is 1. The molecule has 0 bridgehead atoms. The minimum absolute atomic E-state index is 0.281. The van der Waals surface area contributed by atoms with Gasteiger partial charge in [0.05, 0.1) is 20.5 Å². The van der Waals surface area contributed by atoms with Gasteiger partial charge in [0.1, 0.15) is 17.1 Å². The first-order chi connectivity index (χ1) is 16.0. The van der Waals surface area contributed by atoms with Gasteiger partial charge in [0.2, 0.25) is 11.0 Å². The van der Waals surface area contributed by atoms with Crippen LogP contribution in [0.2, 0.25) is 0 Å². The summed E-state index contributed by atoms with van der Waals surface area (Å²) in [5.41, 5.74) is 4.04. The van der Waals surface area contributed by atoms with Crippen LogP contribution in [-0.2, 0) is 4.79 Å². The van der Waals surface area contributed by atoms with E-state index >= 15 is 0 Å². The zero-order chi connectivity index (χ0) is 23.4. The summed E-state index contributed by atoms with van der Waals surface area (Å²) in [5, 5.41) is 12.2. The fraction of sp³-hybridized carbons (Fsp3) is 0.208. The van der Waals surface area contributed by atoms with E-state index in [2.05, 4.69) is 15.5 Å². The van der Waals surface area contributed by atoms with Gasteiger partial charge >= 0.3 is 0 Å². The van der Waals surface area contributed by atoms with Crippen LogP contribution in [0, 0.1) is 0 Å². The number of benzene rings is 2. The van der Waals surface area contributed by atoms with E-state index in [1.807, 2.05) is 50.2 Å². The zero-order valence-corrected chi connectivity index (χ0v) is 20.3. The number of furan rings is 1. The van der Waals surface area contributed by atoms with Crippen molar-refractivity contribution in [3.8, 4) is 22.6 Å². The topological polar surface area (TPSA) is 86.5 Å². The van der Waals surface area contributed by atoms with Crippen LogP contribution in [0.15, 0.2) is 57.5 Å². The fourth-order valence-electron chi connectivity index (χ4n) is 3.47. The molecule has 1 amide bonds. The largest absolute Gasteiger partial charge is 0.496 e. The van der Waals surface area contributed by atoms with Crippen molar-refractivity contribution >= 4 is 50.7 Å². The Kier molecular flexibility index (Phi) is 7.00. The van der Waals surface area contributed by atoms with Crippen LogP contribution in [0.1, 0.15) is 19.4 Å². The van der Waals surface area contributed by atoms with Crippen LogP contribution >= 0.6 is 23.1 Å². The second kappa shape index (κ2) is 10.1. The molecule has 7 nitrogen and oxygen atoms in total. The Labute approximate surface area is 199 Å². The number of nitrogens with zero attached hydrogens (tertiary/aromatic N) is 2. The number of nitrogens with one attached hydrogen (secondary N) is 1. The number of rotatable bonds is 8. The predicted molar refractivity (Wildman–Crippen MR) is 133 cm³/mol. The summed E-state index contributed by atoms with van der Waals surface area (Å²) in [5.74, 6) is 1.98. The number of hydrogen-bond donors (Lipinski definition) is 1. The van der Waals surface area contributed by atoms with E-state index in [1.54, 1.807) is 32.2 Å². The molecule has 9 heteroatoms. The number of carbonyl (C=O) groups excluding carboxylic acids is 1. The Hall–Kier alpha value is -3.30. The van der Waals surface area contributed by atoms with Crippen molar-refractivity contribution in [2.45, 2.75) is 18.2 Å². The molecule has 2 aromatic carbocycles. The lowest BCUT2D eigenvalue weighted by molar-refractivity contribution is -0.111. The molecule has 0 atom stereocenters. The lowest BCUT2D eigenvalue weighted by Gasteiger charge is -2.11. The fourth-order valence-corrected chi connectivity index (χ4v) is 5.12. The summed E-state index contributed by atoms with van der Waals surface area (Å²) in [6.45, 7) is 3.91. The van der Waals surface area contributed by atoms with E-state index in [9.17, 15) is 4.79 Å². The summed E-state index contributed by atoms with van der Waals surface area (Å²) in [4.78, 5) is 12.6. The van der Waals surface area contributed by atoms with Crippen molar-refractivity contribution in [1.29, 1.82) is 0 Å². The number of thioether (sulfide) groups is 1. The molecule has 4 aromatic rings. The maximum absolute atomic E-state index is 12.6. The summed E-state index contributed by atoms with van der Waals surface area (Å²) < 4.78 is 17.7. The lowest BCUT2D eigenvalue weighted by Crippen LogP contribution is -2.08. The molecule has 4 rings (SSSR count). The third-order valence-electron chi connectivity index (χ3n) is 4.97. The quantitative estimate of drug-likeness (QED) is 0.184. The predicted octanol–water partition coefficient (Wildman–Crippen LogP) is 6.12. The molecule has 0 saturated carbocycles. The van der Waals surface area contributed by atoms with Crippen LogP contribution < -0.4 is 14.8 Å². The van der Waals surface area contributed by atoms with Gasteiger partial charge in [-0.05, 0) is 30.4 Å². The standard InChI is InChI=1S/C24H23N3O4S2/c1-5-32-24-27-26-23(33-24)25-22(28)10-14(2)16-11-17-18(13-31-21(17)12-20(16)30-4)15-8-6-7-9-19(15)29-3/h6-13H,5H2,1-4H3,(H,25,26,28)/b14-10+. The normalized spacial score (nSPS) is 11.6. The van der Waals surface area contributed by atoms with E-state index in [0.717, 1.165) is 43.5 Å². The monoisotopic (exact) mass is 481 g/mol. The van der Waals surface area contributed by atoms with Crippen molar-refractivity contribution in [2.75, 3.05) is 25.3 Å². The van der Waals surface area contributed by atoms with E-state index < -0.39 is 0 Å². The average Bonchev–Trinajstić information content (AvgIpc) is 3.44. The van der Waals surface area contributed by atoms with Gasteiger partial charge in [0.15, 0.2) is 4.34 Å². The first-order valence-corrected chi connectivity index (χ1v) is 12.0. The Balaban J connectivity index is 1.68. The third kappa shape index (κ3) is 4.89. The van der Waals surface area contributed by atoms with Crippen molar-refractivity contribution in [3.63, 3.8) is 0 Å². The number of allylic oxidation sites excluding steroid dienone is 1. The van der Waals surface area contributed by atoms with E-state index in [-0.39, 0.29) is 5.91 Å². The van der Waals surface area contributed by atoms with Crippen molar-refractivity contribution in [1.82, 2.24) is 10.2 Å². The van der Waals surface area contributed by atoms with Gasteiger partial charge in [-0.2, -0.15) is 0 Å². The molecule has 0 saturated heterocycles. The molecule has 0 unspecified atom stereocenters. The number of methoxy groups -OCH3 is 2. The summed E-state index contributed by atoms with van der Waals surface area (Å²) in [7, 11) is 3.24. The summed E-state index contributed by atoms with van der Waals surface area (Å²) >= 11 is 2.94. The Bertz CT molecular complexity index is 1330. The van der Waals surface area contributed by atoms with Crippen LogP contribution in [0.5, 0.6) is 11.5 Å². The number of carbonyl (C=O) groups is 1. The number of para-hydroxylation sites is 1. The van der Waals surface area contributed by atoms with Crippen molar-refractivity contribution < 1.29 is 18.7 Å². The van der Waals surface area contributed by atoms with Gasteiger partial charge < -0.3 is 13.9 Å². The highest BCUT2D eigenvalue weighted by molar-refractivity contribution is 8.01. The molecule has 0 aliphatic rings. The van der Waals surface area contributed by atoms with Crippen LogP contribution in [0.4, 0.5) is 5.13 Å². The Morgan fingerprint density at radius 2 is 1.94 bits per heavy atom. The van der Waals surface area contributed by atoms with Crippen molar-refractivity contribution in [3.05, 3.63) is 54.3 Å². The molecule has 0 aliphatic carbocycles. The van der Waals surface area contributed by atoms with Gasteiger partial charge in [0, 0.05) is 34.2 Å². The molecule has 2 aromatic heterocycles. The van der Waals surface area contributed by atoms with E-state index in [0.29, 0.717) is 16.5 Å². The number of ether oxygens (including phenoxy) is 2. The molecule has 0 spiro atoms. The van der Waals surface area contributed by atoms with Gasteiger partial charge in [-0.15, -0.1) is 10.2 Å². The van der Waals surface area contributed by atoms with Crippen molar-refractivity contribution in [2.24, 2.45) is 0 Å². The first kappa shape index (κ1) is 22.9. The van der Waals surface area contributed by atoms with Gasteiger partial charge in [0.25, 0.3) is 0 Å². The lowest BCUT2D eigenvalue weighted by atomic mass is 9.99. The molecule has 170 valence electrons. The van der Waals surface area contributed by atoms with E-state index in [4.69, 9.17) is 13.9 Å². The zero-order valence-electron chi connectivity index (χ0n) is 18.7. The highest BCUT2D eigenvalue weighted by atomic mass is 32.2. The second-order valence-corrected chi connectivity index (χ2v) is 9.51. The molecular formula is C24H23N3O4S2. The average molecular weight is 482 g/mol. The molecular weight excluding hydrogens is 458 g/mol. The number of fused-ring (bicyclic) bond motifs is 1. The molecule has 0 aliphatic heterocycles. The smallest absolute Gasteiger partial charge is 0.250 e. The van der Waals surface area contributed by atoms with Crippen LogP contribution in [0.3, 0.4) is 0 Å². The minimum atomic E-state index is -0.281. The molecule has 2 heterocycles. The molecule has 33 heavy (non-hydrogen) atoms. The first-order valence-electron chi connectivity index (χ1n) is 10.2. The highest BCUT2D eigenvalue weighted by Crippen LogP contribution is 2.40. The molecule has 0 radical (unpaired) electrons. The van der Waals surface area contributed by atoms with Gasteiger partial charge in [-0.3, -0.25) is 10.1 Å². The third-order valence-corrected chi connectivity index (χ3v) is 6.82. The van der Waals surface area contributed by atoms with E-state index in [1.165, 1.54) is 17.4 Å².